The normalized spacial score (nSPS) is 10.5. The highest BCUT2D eigenvalue weighted by Gasteiger charge is 2.12. The van der Waals surface area contributed by atoms with Gasteiger partial charge in [0.1, 0.15) is 0 Å². The molecule has 0 unspecified atom stereocenters. The highest BCUT2D eigenvalue weighted by Crippen LogP contribution is 2.28. The monoisotopic (exact) mass is 457 g/mol. The Bertz CT molecular complexity index is 961. The van der Waals surface area contributed by atoms with E-state index in [4.69, 9.17) is 18.9 Å². The molecule has 2 N–H and O–H groups in total. The minimum atomic E-state index is -0.468. The lowest BCUT2D eigenvalue weighted by Gasteiger charge is -2.12. The number of benzene rings is 2. The summed E-state index contributed by atoms with van der Waals surface area (Å²) >= 11 is 0. The molecule has 0 saturated heterocycles. The first-order valence-corrected chi connectivity index (χ1v) is 10.7. The van der Waals surface area contributed by atoms with Crippen LogP contribution in [0.2, 0.25) is 0 Å². The quantitative estimate of drug-likeness (QED) is 0.272. The molecule has 0 aliphatic rings. The number of nitrogens with one attached hydrogen (secondary N) is 2. The van der Waals surface area contributed by atoms with E-state index in [9.17, 15) is 9.59 Å². The van der Waals surface area contributed by atoms with E-state index in [0.717, 1.165) is 18.4 Å². The number of methoxy groups -OCH3 is 2. The molecule has 0 bridgehead atoms. The van der Waals surface area contributed by atoms with Crippen LogP contribution in [-0.2, 0) is 4.79 Å². The van der Waals surface area contributed by atoms with Crippen LogP contribution >= 0.6 is 0 Å². The van der Waals surface area contributed by atoms with Crippen LogP contribution in [0, 0.1) is 0 Å². The second-order valence-corrected chi connectivity index (χ2v) is 6.89. The Morgan fingerprint density at radius 1 is 0.939 bits per heavy atom. The second kappa shape index (κ2) is 13.6. The summed E-state index contributed by atoms with van der Waals surface area (Å²) in [5.74, 6) is 1.33. The molecule has 0 aromatic heterocycles. The van der Waals surface area contributed by atoms with Crippen LogP contribution in [0.5, 0.6) is 23.0 Å². The number of amides is 2. The summed E-state index contributed by atoms with van der Waals surface area (Å²) in [6, 6.07) is 10.2. The molecule has 0 aliphatic heterocycles. The molecule has 178 valence electrons. The van der Waals surface area contributed by atoms with E-state index in [1.807, 2.05) is 19.1 Å². The van der Waals surface area contributed by atoms with E-state index in [1.165, 1.54) is 26.5 Å². The van der Waals surface area contributed by atoms with Crippen molar-refractivity contribution in [1.82, 2.24) is 10.7 Å². The maximum Gasteiger partial charge on any atom is 0.259 e. The van der Waals surface area contributed by atoms with Crippen molar-refractivity contribution < 1.29 is 28.5 Å². The Morgan fingerprint density at radius 2 is 1.70 bits per heavy atom. The van der Waals surface area contributed by atoms with Crippen molar-refractivity contribution in [3.05, 3.63) is 47.5 Å². The van der Waals surface area contributed by atoms with Gasteiger partial charge in [-0.25, -0.2) is 5.43 Å². The number of hydrazone groups is 1. The summed E-state index contributed by atoms with van der Waals surface area (Å²) in [5.41, 5.74) is 3.46. The standard InChI is InChI=1S/C24H31N3O6/c1-5-7-12-33-20-10-8-17(13-22(20)32-6-2)15-26-27-23(28)16-25-24(29)18-9-11-19(30-3)21(14-18)31-4/h8-11,13-15H,5-7,12,16H2,1-4H3,(H,25,29)(H,27,28)/b26-15-. The first-order valence-electron chi connectivity index (χ1n) is 10.7. The lowest BCUT2D eigenvalue weighted by atomic mass is 10.2. The zero-order valence-electron chi connectivity index (χ0n) is 19.5. The molecule has 2 aromatic carbocycles. The van der Waals surface area contributed by atoms with Gasteiger partial charge in [0.25, 0.3) is 11.8 Å². The fourth-order valence-corrected chi connectivity index (χ4v) is 2.78. The Balaban J connectivity index is 1.89. The zero-order chi connectivity index (χ0) is 24.1. The molecule has 0 atom stereocenters. The molecule has 0 spiro atoms. The number of hydrogen-bond donors (Lipinski definition) is 2. The minimum Gasteiger partial charge on any atom is -0.493 e. The third-order valence-corrected chi connectivity index (χ3v) is 4.48. The van der Waals surface area contributed by atoms with Crippen LogP contribution in [0.1, 0.15) is 42.6 Å². The number of carbonyl (C=O) groups excluding carboxylic acids is 2. The molecule has 0 saturated carbocycles. The molecule has 9 heteroatoms. The molecule has 2 aromatic rings. The van der Waals surface area contributed by atoms with Gasteiger partial charge in [0.2, 0.25) is 0 Å². The van der Waals surface area contributed by atoms with Crippen molar-refractivity contribution in [2.45, 2.75) is 26.7 Å². The van der Waals surface area contributed by atoms with Gasteiger partial charge in [-0.05, 0) is 55.3 Å². The van der Waals surface area contributed by atoms with Crippen molar-refractivity contribution >= 4 is 18.0 Å². The molecule has 0 heterocycles. The summed E-state index contributed by atoms with van der Waals surface area (Å²) in [7, 11) is 2.99. The van der Waals surface area contributed by atoms with E-state index in [2.05, 4.69) is 22.8 Å². The third kappa shape index (κ3) is 8.03. The fraction of sp³-hybridized carbons (Fsp3) is 0.375. The molecule has 0 aliphatic carbocycles. The SMILES string of the molecule is CCCCOc1ccc(/C=N\NC(=O)CNC(=O)c2ccc(OC)c(OC)c2)cc1OCC. The van der Waals surface area contributed by atoms with Crippen molar-refractivity contribution in [3.8, 4) is 23.0 Å². The highest BCUT2D eigenvalue weighted by atomic mass is 16.5. The van der Waals surface area contributed by atoms with Crippen molar-refractivity contribution in [1.29, 1.82) is 0 Å². The van der Waals surface area contributed by atoms with Gasteiger partial charge in [0, 0.05) is 5.56 Å². The lowest BCUT2D eigenvalue weighted by Crippen LogP contribution is -2.34. The summed E-state index contributed by atoms with van der Waals surface area (Å²) in [6.07, 6.45) is 3.50. The van der Waals surface area contributed by atoms with Crippen LogP contribution < -0.4 is 29.7 Å². The number of ether oxygens (including phenoxy) is 4. The second-order valence-electron chi connectivity index (χ2n) is 6.89. The van der Waals surface area contributed by atoms with E-state index in [-0.39, 0.29) is 6.54 Å². The Labute approximate surface area is 194 Å². The van der Waals surface area contributed by atoms with E-state index in [0.29, 0.717) is 41.8 Å². The first-order chi connectivity index (χ1) is 16.0. The van der Waals surface area contributed by atoms with Gasteiger partial charge >= 0.3 is 0 Å². The molecule has 0 fully saturated rings. The minimum absolute atomic E-state index is 0.237. The summed E-state index contributed by atoms with van der Waals surface area (Å²) < 4.78 is 21.7. The van der Waals surface area contributed by atoms with Crippen LogP contribution in [0.3, 0.4) is 0 Å². The largest absolute Gasteiger partial charge is 0.493 e. The fourth-order valence-electron chi connectivity index (χ4n) is 2.78. The number of hydrogen-bond acceptors (Lipinski definition) is 7. The van der Waals surface area contributed by atoms with Crippen molar-refractivity contribution in [2.24, 2.45) is 5.10 Å². The molecule has 2 rings (SSSR count). The molecule has 33 heavy (non-hydrogen) atoms. The Morgan fingerprint density at radius 3 is 2.39 bits per heavy atom. The highest BCUT2D eigenvalue weighted by molar-refractivity contribution is 5.97. The van der Waals surface area contributed by atoms with Gasteiger partial charge in [0.05, 0.1) is 40.2 Å². The predicted molar refractivity (Wildman–Crippen MR) is 126 cm³/mol. The predicted octanol–water partition coefficient (Wildman–Crippen LogP) is 3.16. The molecule has 0 radical (unpaired) electrons. The smallest absolute Gasteiger partial charge is 0.259 e. The Kier molecular flexibility index (Phi) is 10.5. The topological polar surface area (TPSA) is 107 Å². The number of nitrogens with zero attached hydrogens (tertiary/aromatic N) is 1. The molecule has 9 nitrogen and oxygen atoms in total. The summed E-state index contributed by atoms with van der Waals surface area (Å²) in [4.78, 5) is 24.3. The van der Waals surface area contributed by atoms with Crippen LogP contribution in [0.4, 0.5) is 0 Å². The summed E-state index contributed by atoms with van der Waals surface area (Å²) in [5, 5.41) is 6.48. The van der Waals surface area contributed by atoms with Crippen molar-refractivity contribution in [3.63, 3.8) is 0 Å². The van der Waals surface area contributed by atoms with Gasteiger partial charge in [-0.3, -0.25) is 9.59 Å². The van der Waals surface area contributed by atoms with Gasteiger partial charge in [-0.15, -0.1) is 0 Å². The van der Waals surface area contributed by atoms with Crippen LogP contribution in [0.15, 0.2) is 41.5 Å². The first kappa shape index (κ1) is 25.5. The van der Waals surface area contributed by atoms with Crippen LogP contribution in [-0.4, -0.2) is 52.0 Å². The van der Waals surface area contributed by atoms with Crippen molar-refractivity contribution in [2.75, 3.05) is 34.0 Å². The maximum atomic E-state index is 12.3. The van der Waals surface area contributed by atoms with Gasteiger partial charge < -0.3 is 24.3 Å². The summed E-state index contributed by atoms with van der Waals surface area (Å²) in [6.45, 7) is 4.88. The number of rotatable bonds is 13. The number of unbranched alkanes of at least 4 members (excludes halogenated alkanes) is 1. The van der Waals surface area contributed by atoms with Gasteiger partial charge in [0.15, 0.2) is 23.0 Å². The number of carbonyl (C=O) groups is 2. The average molecular weight is 458 g/mol. The van der Waals surface area contributed by atoms with Gasteiger partial charge in [-0.2, -0.15) is 5.10 Å². The van der Waals surface area contributed by atoms with E-state index >= 15 is 0 Å². The van der Waals surface area contributed by atoms with Gasteiger partial charge in [-0.1, -0.05) is 13.3 Å². The molecule has 2 amide bonds. The third-order valence-electron chi connectivity index (χ3n) is 4.48. The lowest BCUT2D eigenvalue weighted by molar-refractivity contribution is -0.120. The van der Waals surface area contributed by atoms with E-state index in [1.54, 1.807) is 18.2 Å². The average Bonchev–Trinajstić information content (AvgIpc) is 2.83. The van der Waals surface area contributed by atoms with Crippen LogP contribution in [0.25, 0.3) is 0 Å². The Hall–Kier alpha value is -3.75. The molecular weight excluding hydrogens is 426 g/mol. The molecular formula is C24H31N3O6. The zero-order valence-corrected chi connectivity index (χ0v) is 19.5. The van der Waals surface area contributed by atoms with E-state index < -0.39 is 11.8 Å². The maximum absolute atomic E-state index is 12.3.